The highest BCUT2D eigenvalue weighted by Crippen LogP contribution is 2.30. The lowest BCUT2D eigenvalue weighted by atomic mass is 10.2. The van der Waals surface area contributed by atoms with Gasteiger partial charge in [0.1, 0.15) is 5.69 Å². The van der Waals surface area contributed by atoms with Gasteiger partial charge in [-0.1, -0.05) is 18.2 Å². The largest absolute Gasteiger partial charge is 0.367 e. The number of carbonyl (C=O) groups excluding carboxylic acids is 1. The highest BCUT2D eigenvalue weighted by atomic mass is 32.2. The number of amides is 1. The maximum Gasteiger partial charge on any atom is 0.261 e. The van der Waals surface area contributed by atoms with E-state index in [4.69, 9.17) is 0 Å². The number of hydrogen-bond acceptors (Lipinski definition) is 4. The Hall–Kier alpha value is -3.46. The van der Waals surface area contributed by atoms with Crippen molar-refractivity contribution >= 4 is 33.0 Å². The molecule has 3 aromatic rings. The van der Waals surface area contributed by atoms with Gasteiger partial charge in [-0.05, 0) is 67.8 Å². The van der Waals surface area contributed by atoms with Crippen LogP contribution in [0.25, 0.3) is 0 Å². The van der Waals surface area contributed by atoms with Crippen LogP contribution in [0, 0.1) is 18.6 Å². The molecule has 0 aromatic heterocycles. The van der Waals surface area contributed by atoms with Crippen LogP contribution in [-0.2, 0) is 10.0 Å². The summed E-state index contributed by atoms with van der Waals surface area (Å²) in [5.41, 5.74) is 1.17. The van der Waals surface area contributed by atoms with E-state index in [-0.39, 0.29) is 21.8 Å². The monoisotopic (exact) mass is 471 g/mol. The topological polar surface area (TPSA) is 78.5 Å². The predicted octanol–water partition coefficient (Wildman–Crippen LogP) is 4.93. The van der Waals surface area contributed by atoms with E-state index < -0.39 is 27.6 Å². The molecule has 0 bridgehead atoms. The third kappa shape index (κ3) is 5.14. The van der Waals surface area contributed by atoms with Gasteiger partial charge in [0.25, 0.3) is 15.9 Å². The van der Waals surface area contributed by atoms with Crippen LogP contribution in [0.1, 0.15) is 28.8 Å². The van der Waals surface area contributed by atoms with Gasteiger partial charge in [-0.2, -0.15) is 0 Å². The number of nitrogens with zero attached hydrogens (tertiary/aromatic N) is 1. The quantitative estimate of drug-likeness (QED) is 0.535. The molecule has 1 aliphatic rings. The summed E-state index contributed by atoms with van der Waals surface area (Å²) in [6, 6.07) is 14.4. The molecule has 3 aromatic carbocycles. The Kier molecular flexibility index (Phi) is 6.33. The zero-order chi connectivity index (χ0) is 23.6. The highest BCUT2D eigenvalue weighted by molar-refractivity contribution is 7.92. The van der Waals surface area contributed by atoms with E-state index in [1.54, 1.807) is 23.1 Å². The maximum atomic E-state index is 14.6. The summed E-state index contributed by atoms with van der Waals surface area (Å²) in [6.45, 7) is 3.00. The van der Waals surface area contributed by atoms with Crippen molar-refractivity contribution in [1.29, 1.82) is 0 Å². The van der Waals surface area contributed by atoms with E-state index in [9.17, 15) is 22.0 Å². The van der Waals surface area contributed by atoms with E-state index in [0.29, 0.717) is 18.8 Å². The summed E-state index contributed by atoms with van der Waals surface area (Å²) in [5.74, 6) is -2.20. The lowest BCUT2D eigenvalue weighted by molar-refractivity contribution is 0.102. The fraction of sp³-hybridized carbons (Fsp3) is 0.208. The second-order valence-electron chi connectivity index (χ2n) is 7.94. The van der Waals surface area contributed by atoms with Crippen molar-refractivity contribution in [3.8, 4) is 0 Å². The maximum absolute atomic E-state index is 14.6. The number of halogens is 2. The molecule has 1 heterocycles. The molecule has 1 amide bonds. The van der Waals surface area contributed by atoms with Crippen LogP contribution >= 0.6 is 0 Å². The van der Waals surface area contributed by atoms with Crippen LogP contribution in [0.3, 0.4) is 0 Å². The number of nitrogens with one attached hydrogen (secondary N) is 2. The van der Waals surface area contributed by atoms with E-state index in [1.165, 1.54) is 24.3 Å². The van der Waals surface area contributed by atoms with Crippen LogP contribution in [0.5, 0.6) is 0 Å². The van der Waals surface area contributed by atoms with Gasteiger partial charge in [0.15, 0.2) is 11.6 Å². The van der Waals surface area contributed by atoms with Crippen LogP contribution in [-0.4, -0.2) is 27.4 Å². The van der Waals surface area contributed by atoms with Crippen LogP contribution < -0.4 is 14.9 Å². The Bertz CT molecular complexity index is 1280. The van der Waals surface area contributed by atoms with Crippen LogP contribution in [0.2, 0.25) is 0 Å². The molecular weight excluding hydrogens is 448 g/mol. The number of hydrogen-bond donors (Lipinski definition) is 2. The van der Waals surface area contributed by atoms with Gasteiger partial charge in [-0.15, -0.1) is 0 Å². The summed E-state index contributed by atoms with van der Waals surface area (Å²) in [4.78, 5) is 14.2. The molecule has 172 valence electrons. The predicted molar refractivity (Wildman–Crippen MR) is 124 cm³/mol. The molecule has 1 saturated heterocycles. The van der Waals surface area contributed by atoms with Gasteiger partial charge >= 0.3 is 0 Å². The lowest BCUT2D eigenvalue weighted by Crippen LogP contribution is -2.21. The van der Waals surface area contributed by atoms with E-state index >= 15 is 0 Å². The standard InChI is InChI=1S/C24H23F2N3O3S/c1-16-6-4-8-18(12-16)28-33(31,32)20-9-5-7-17(13-20)24(30)27-19-14-21(25)23(22(26)15-19)29-10-2-3-11-29/h4-9,12-15,28H,2-3,10-11H2,1H3,(H,27,30). The molecule has 1 fully saturated rings. The smallest absolute Gasteiger partial charge is 0.261 e. The van der Waals surface area contributed by atoms with Crippen molar-refractivity contribution in [3.63, 3.8) is 0 Å². The van der Waals surface area contributed by atoms with Gasteiger partial charge in [-0.3, -0.25) is 9.52 Å². The molecular formula is C24H23F2N3O3S. The number of carbonyl (C=O) groups is 1. The van der Waals surface area contributed by atoms with Gasteiger partial charge in [0, 0.05) is 30.0 Å². The molecule has 6 nitrogen and oxygen atoms in total. The number of benzene rings is 3. The first-order chi connectivity index (χ1) is 15.7. The molecule has 0 radical (unpaired) electrons. The minimum absolute atomic E-state index is 0.0338. The third-order valence-electron chi connectivity index (χ3n) is 5.37. The van der Waals surface area contributed by atoms with Crippen molar-refractivity contribution in [2.24, 2.45) is 0 Å². The van der Waals surface area contributed by atoms with Crippen molar-refractivity contribution < 1.29 is 22.0 Å². The van der Waals surface area contributed by atoms with Crippen molar-refractivity contribution in [3.05, 3.63) is 83.4 Å². The molecule has 0 spiro atoms. The number of sulfonamides is 1. The molecule has 0 aliphatic carbocycles. The Labute approximate surface area is 191 Å². The van der Waals surface area contributed by atoms with Crippen molar-refractivity contribution in [2.75, 3.05) is 28.0 Å². The van der Waals surface area contributed by atoms with Gasteiger partial charge in [0.2, 0.25) is 0 Å². The number of anilines is 3. The molecule has 0 unspecified atom stereocenters. The minimum atomic E-state index is -3.94. The summed E-state index contributed by atoms with van der Waals surface area (Å²) >= 11 is 0. The molecule has 0 atom stereocenters. The summed E-state index contributed by atoms with van der Waals surface area (Å²) < 4.78 is 57.1. The molecule has 33 heavy (non-hydrogen) atoms. The average molecular weight is 472 g/mol. The SMILES string of the molecule is Cc1cccc(NS(=O)(=O)c2cccc(C(=O)Nc3cc(F)c(N4CCCC4)c(F)c3)c2)c1. The lowest BCUT2D eigenvalue weighted by Gasteiger charge is -2.20. The van der Waals surface area contributed by atoms with Gasteiger partial charge in [0.05, 0.1) is 4.90 Å². The second-order valence-corrected chi connectivity index (χ2v) is 9.62. The van der Waals surface area contributed by atoms with Gasteiger partial charge < -0.3 is 10.2 Å². The van der Waals surface area contributed by atoms with Crippen LogP contribution in [0.15, 0.2) is 65.6 Å². The van der Waals surface area contributed by atoms with E-state index in [1.807, 2.05) is 13.0 Å². The first kappa shape index (κ1) is 22.7. The summed E-state index contributed by atoms with van der Waals surface area (Å²) in [6.07, 6.45) is 1.74. The molecule has 2 N–H and O–H groups in total. The highest BCUT2D eigenvalue weighted by Gasteiger charge is 2.22. The van der Waals surface area contributed by atoms with E-state index in [0.717, 1.165) is 30.5 Å². The zero-order valence-corrected chi connectivity index (χ0v) is 18.8. The molecule has 4 rings (SSSR count). The summed E-state index contributed by atoms with van der Waals surface area (Å²) in [5, 5.41) is 2.44. The Morgan fingerprint density at radius 2 is 1.58 bits per heavy atom. The first-order valence-electron chi connectivity index (χ1n) is 10.5. The number of rotatable bonds is 6. The fourth-order valence-electron chi connectivity index (χ4n) is 3.81. The van der Waals surface area contributed by atoms with Crippen molar-refractivity contribution in [2.45, 2.75) is 24.7 Å². The first-order valence-corrected chi connectivity index (χ1v) is 12.0. The molecule has 1 aliphatic heterocycles. The average Bonchev–Trinajstić information content (AvgIpc) is 3.27. The van der Waals surface area contributed by atoms with Crippen LogP contribution in [0.4, 0.5) is 25.8 Å². The number of aryl methyl sites for hydroxylation is 1. The Balaban J connectivity index is 1.53. The van der Waals surface area contributed by atoms with E-state index in [2.05, 4.69) is 10.0 Å². The normalized spacial score (nSPS) is 13.7. The minimum Gasteiger partial charge on any atom is -0.367 e. The third-order valence-corrected chi connectivity index (χ3v) is 6.75. The molecule has 9 heteroatoms. The summed E-state index contributed by atoms with van der Waals surface area (Å²) in [7, 11) is -3.94. The van der Waals surface area contributed by atoms with Crippen molar-refractivity contribution in [1.82, 2.24) is 0 Å². The van der Waals surface area contributed by atoms with Gasteiger partial charge in [-0.25, -0.2) is 17.2 Å². The Morgan fingerprint density at radius 3 is 2.24 bits per heavy atom. The Morgan fingerprint density at radius 1 is 0.909 bits per heavy atom. The fourth-order valence-corrected chi connectivity index (χ4v) is 4.91. The zero-order valence-electron chi connectivity index (χ0n) is 17.9. The second kappa shape index (κ2) is 9.19. The molecule has 0 saturated carbocycles.